The van der Waals surface area contributed by atoms with E-state index < -0.39 is 0 Å². The molecule has 2 heteroatoms. The Morgan fingerprint density at radius 2 is 2.00 bits per heavy atom. The minimum absolute atomic E-state index is 0.663. The van der Waals surface area contributed by atoms with Gasteiger partial charge >= 0.3 is 0 Å². The summed E-state index contributed by atoms with van der Waals surface area (Å²) in [6, 6.07) is 9.59. The molecule has 3 unspecified atom stereocenters. The fraction of sp³-hybridized carbons (Fsp3) is 0.667. The van der Waals surface area contributed by atoms with E-state index in [2.05, 4.69) is 50.5 Å². The molecule has 3 atom stereocenters. The minimum atomic E-state index is 0.663. The van der Waals surface area contributed by atoms with Crippen molar-refractivity contribution in [2.24, 2.45) is 11.8 Å². The van der Waals surface area contributed by atoms with E-state index >= 15 is 0 Å². The highest BCUT2D eigenvalue weighted by atomic mass is 32.2. The van der Waals surface area contributed by atoms with Gasteiger partial charge in [0.05, 0.1) is 0 Å². The van der Waals surface area contributed by atoms with Crippen molar-refractivity contribution >= 4 is 11.8 Å². The Labute approximate surface area is 128 Å². The average molecular weight is 292 g/mol. The van der Waals surface area contributed by atoms with E-state index in [4.69, 9.17) is 0 Å². The van der Waals surface area contributed by atoms with Crippen molar-refractivity contribution < 1.29 is 0 Å². The molecule has 0 saturated heterocycles. The lowest BCUT2D eigenvalue weighted by Gasteiger charge is -2.34. The van der Waals surface area contributed by atoms with Crippen molar-refractivity contribution in [3.8, 4) is 0 Å². The lowest BCUT2D eigenvalue weighted by Crippen LogP contribution is -2.38. The standard InChI is InChI=1S/C18H29NS/c1-4-15-6-5-7-16(12-15)18(19-3)13-20-17-10-8-14(2)9-11-17/h8-11,15-16,18-19H,4-7,12-13H2,1-3H3. The molecule has 1 nitrogen and oxygen atoms in total. The van der Waals surface area contributed by atoms with E-state index in [9.17, 15) is 0 Å². The molecule has 1 saturated carbocycles. The number of thioether (sulfide) groups is 1. The van der Waals surface area contributed by atoms with Gasteiger partial charge in [-0.2, -0.15) is 0 Å². The molecule has 0 radical (unpaired) electrons. The summed E-state index contributed by atoms with van der Waals surface area (Å²) in [6.45, 7) is 4.50. The van der Waals surface area contributed by atoms with Crippen LogP contribution in [0, 0.1) is 18.8 Å². The maximum Gasteiger partial charge on any atom is 0.0187 e. The molecule has 1 aliphatic carbocycles. The third-order valence-electron chi connectivity index (χ3n) is 4.79. The van der Waals surface area contributed by atoms with E-state index in [0.717, 1.165) is 11.8 Å². The normalized spacial score (nSPS) is 24.6. The van der Waals surface area contributed by atoms with Crippen LogP contribution in [0.1, 0.15) is 44.6 Å². The Hall–Kier alpha value is -0.470. The second kappa shape index (κ2) is 8.09. The van der Waals surface area contributed by atoms with Crippen LogP contribution in [0.2, 0.25) is 0 Å². The van der Waals surface area contributed by atoms with Crippen LogP contribution in [0.25, 0.3) is 0 Å². The van der Waals surface area contributed by atoms with Gasteiger partial charge < -0.3 is 5.32 Å². The van der Waals surface area contributed by atoms with Gasteiger partial charge in [-0.25, -0.2) is 0 Å². The van der Waals surface area contributed by atoms with Crippen LogP contribution in [0.3, 0.4) is 0 Å². The molecule has 1 fully saturated rings. The summed E-state index contributed by atoms with van der Waals surface area (Å²) in [7, 11) is 2.13. The van der Waals surface area contributed by atoms with Gasteiger partial charge in [0, 0.05) is 16.7 Å². The number of nitrogens with one attached hydrogen (secondary N) is 1. The third-order valence-corrected chi connectivity index (χ3v) is 5.92. The number of benzene rings is 1. The Morgan fingerprint density at radius 1 is 1.25 bits per heavy atom. The first-order chi connectivity index (χ1) is 9.72. The van der Waals surface area contributed by atoms with Gasteiger partial charge in [-0.05, 0) is 50.8 Å². The zero-order valence-electron chi connectivity index (χ0n) is 13.2. The average Bonchev–Trinajstić information content (AvgIpc) is 2.50. The van der Waals surface area contributed by atoms with Crippen LogP contribution >= 0.6 is 11.8 Å². The first-order valence-corrected chi connectivity index (χ1v) is 9.08. The maximum atomic E-state index is 3.58. The molecule has 2 rings (SSSR count). The first-order valence-electron chi connectivity index (χ1n) is 8.09. The van der Waals surface area contributed by atoms with Crippen LogP contribution in [0.15, 0.2) is 29.2 Å². The molecule has 1 N–H and O–H groups in total. The Balaban J connectivity index is 1.86. The lowest BCUT2D eigenvalue weighted by molar-refractivity contribution is 0.223. The van der Waals surface area contributed by atoms with Gasteiger partial charge in [0.1, 0.15) is 0 Å². The lowest BCUT2D eigenvalue weighted by atomic mass is 9.77. The van der Waals surface area contributed by atoms with E-state index in [1.54, 1.807) is 0 Å². The highest BCUT2D eigenvalue weighted by Gasteiger charge is 2.26. The summed E-state index contributed by atoms with van der Waals surface area (Å²) in [6.07, 6.45) is 7.08. The van der Waals surface area contributed by atoms with Crippen LogP contribution in [0.4, 0.5) is 0 Å². The van der Waals surface area contributed by atoms with Crippen molar-refractivity contribution in [1.29, 1.82) is 0 Å². The molecule has 1 aromatic carbocycles. The topological polar surface area (TPSA) is 12.0 Å². The highest BCUT2D eigenvalue weighted by Crippen LogP contribution is 2.34. The van der Waals surface area contributed by atoms with E-state index in [1.165, 1.54) is 48.3 Å². The highest BCUT2D eigenvalue weighted by molar-refractivity contribution is 7.99. The molecule has 0 aromatic heterocycles. The second-order valence-electron chi connectivity index (χ2n) is 6.22. The number of hydrogen-bond acceptors (Lipinski definition) is 2. The first kappa shape index (κ1) is 15.9. The summed E-state index contributed by atoms with van der Waals surface area (Å²) in [5.74, 6) is 3.03. The van der Waals surface area contributed by atoms with Crippen LogP contribution in [-0.2, 0) is 0 Å². The van der Waals surface area contributed by atoms with Gasteiger partial charge in [0.2, 0.25) is 0 Å². The summed E-state index contributed by atoms with van der Waals surface area (Å²) in [5, 5.41) is 3.58. The van der Waals surface area contributed by atoms with Crippen molar-refractivity contribution in [3.05, 3.63) is 29.8 Å². The summed E-state index contributed by atoms with van der Waals surface area (Å²) in [4.78, 5) is 1.40. The molecular formula is C18H29NS. The fourth-order valence-corrected chi connectivity index (χ4v) is 4.48. The molecular weight excluding hydrogens is 262 g/mol. The molecule has 0 heterocycles. The molecule has 0 amide bonds. The quantitative estimate of drug-likeness (QED) is 0.749. The molecule has 0 spiro atoms. The van der Waals surface area contributed by atoms with Gasteiger partial charge in [0.15, 0.2) is 0 Å². The monoisotopic (exact) mass is 291 g/mol. The summed E-state index contributed by atoms with van der Waals surface area (Å²) >= 11 is 2.00. The zero-order chi connectivity index (χ0) is 14.4. The zero-order valence-corrected chi connectivity index (χ0v) is 14.0. The molecule has 1 aliphatic rings. The van der Waals surface area contributed by atoms with Crippen molar-refractivity contribution in [1.82, 2.24) is 5.32 Å². The predicted octanol–water partition coefficient (Wildman–Crippen LogP) is 4.89. The van der Waals surface area contributed by atoms with E-state index in [-0.39, 0.29) is 0 Å². The Morgan fingerprint density at radius 3 is 2.65 bits per heavy atom. The molecule has 20 heavy (non-hydrogen) atoms. The Bertz CT molecular complexity index is 387. The minimum Gasteiger partial charge on any atom is -0.316 e. The predicted molar refractivity (Wildman–Crippen MR) is 90.5 cm³/mol. The van der Waals surface area contributed by atoms with Gasteiger partial charge in [-0.1, -0.05) is 43.9 Å². The Kier molecular flexibility index (Phi) is 6.44. The molecule has 112 valence electrons. The SMILES string of the molecule is CCC1CCCC(C(CSc2ccc(C)cc2)NC)C1. The summed E-state index contributed by atoms with van der Waals surface area (Å²) in [5.41, 5.74) is 1.34. The van der Waals surface area contributed by atoms with Crippen molar-refractivity contribution in [2.45, 2.75) is 56.9 Å². The van der Waals surface area contributed by atoms with Crippen molar-refractivity contribution in [3.63, 3.8) is 0 Å². The van der Waals surface area contributed by atoms with Crippen molar-refractivity contribution in [2.75, 3.05) is 12.8 Å². The third kappa shape index (κ3) is 4.53. The second-order valence-corrected chi connectivity index (χ2v) is 7.31. The number of hydrogen-bond donors (Lipinski definition) is 1. The smallest absolute Gasteiger partial charge is 0.0187 e. The van der Waals surface area contributed by atoms with E-state index in [1.807, 2.05) is 11.8 Å². The maximum absolute atomic E-state index is 3.58. The molecule has 0 aliphatic heterocycles. The number of rotatable bonds is 6. The van der Waals surface area contributed by atoms with Crippen LogP contribution in [-0.4, -0.2) is 18.8 Å². The molecule has 0 bridgehead atoms. The van der Waals surface area contributed by atoms with Gasteiger partial charge in [-0.3, -0.25) is 0 Å². The summed E-state index contributed by atoms with van der Waals surface area (Å²) < 4.78 is 0. The van der Waals surface area contributed by atoms with Crippen LogP contribution < -0.4 is 5.32 Å². The van der Waals surface area contributed by atoms with Gasteiger partial charge in [0.25, 0.3) is 0 Å². The fourth-order valence-electron chi connectivity index (χ4n) is 3.34. The van der Waals surface area contributed by atoms with Gasteiger partial charge in [-0.15, -0.1) is 11.8 Å². The van der Waals surface area contributed by atoms with Crippen LogP contribution in [0.5, 0.6) is 0 Å². The molecule has 1 aromatic rings. The number of aryl methyl sites for hydroxylation is 1. The van der Waals surface area contributed by atoms with E-state index in [0.29, 0.717) is 6.04 Å². The largest absolute Gasteiger partial charge is 0.316 e.